The Morgan fingerprint density at radius 1 is 1.17 bits per heavy atom. The van der Waals surface area contributed by atoms with E-state index in [0.717, 1.165) is 44.1 Å². The monoisotopic (exact) mass is 250 g/mol. The molecule has 0 unspecified atom stereocenters. The molecule has 4 heteroatoms. The van der Waals surface area contributed by atoms with Crippen LogP contribution in [0, 0.1) is 0 Å². The molecule has 0 fully saturated rings. The van der Waals surface area contributed by atoms with E-state index in [1.807, 2.05) is 7.05 Å². The van der Waals surface area contributed by atoms with Crippen LogP contribution in [0.3, 0.4) is 0 Å². The molecule has 1 N–H and O–H groups in total. The van der Waals surface area contributed by atoms with Gasteiger partial charge in [-0.15, -0.1) is 0 Å². The Bertz CT molecular complexity index is 407. The first-order valence-electron chi connectivity index (χ1n) is 6.39. The Morgan fingerprint density at radius 2 is 1.83 bits per heavy atom. The molecule has 0 aromatic heterocycles. The number of ether oxygens (including phenoxy) is 2. The van der Waals surface area contributed by atoms with Crippen molar-refractivity contribution >= 4 is 0 Å². The molecule has 1 aliphatic rings. The van der Waals surface area contributed by atoms with Gasteiger partial charge in [0.15, 0.2) is 11.5 Å². The minimum atomic E-state index is 0.826. The fourth-order valence-electron chi connectivity index (χ4n) is 2.40. The Balaban J connectivity index is 2.16. The van der Waals surface area contributed by atoms with Crippen LogP contribution in [0.25, 0.3) is 0 Å². The van der Waals surface area contributed by atoms with Gasteiger partial charge in [-0.3, -0.25) is 4.90 Å². The number of methoxy groups -OCH3 is 2. The quantitative estimate of drug-likeness (QED) is 0.853. The number of rotatable bonds is 5. The molecule has 1 aliphatic heterocycles. The minimum absolute atomic E-state index is 0.826. The average Bonchev–Trinajstić information content (AvgIpc) is 2.43. The molecule has 18 heavy (non-hydrogen) atoms. The third-order valence-corrected chi connectivity index (χ3v) is 3.48. The summed E-state index contributed by atoms with van der Waals surface area (Å²) < 4.78 is 10.7. The highest BCUT2D eigenvalue weighted by atomic mass is 16.5. The van der Waals surface area contributed by atoms with Crippen LogP contribution in [-0.4, -0.2) is 45.8 Å². The zero-order valence-corrected chi connectivity index (χ0v) is 11.5. The molecule has 0 aliphatic carbocycles. The molecule has 1 aromatic carbocycles. The van der Waals surface area contributed by atoms with Crippen LogP contribution in [0.2, 0.25) is 0 Å². The average molecular weight is 250 g/mol. The van der Waals surface area contributed by atoms with E-state index < -0.39 is 0 Å². The van der Waals surface area contributed by atoms with Gasteiger partial charge in [-0.25, -0.2) is 0 Å². The summed E-state index contributed by atoms with van der Waals surface area (Å²) in [7, 11) is 5.37. The maximum atomic E-state index is 5.36. The van der Waals surface area contributed by atoms with Crippen LogP contribution in [0.4, 0.5) is 0 Å². The van der Waals surface area contributed by atoms with Gasteiger partial charge < -0.3 is 14.8 Å². The SMILES string of the molecule is CNCCN1CCc2cc(OC)c(OC)cc2C1. The lowest BCUT2D eigenvalue weighted by atomic mass is 9.99. The summed E-state index contributed by atoms with van der Waals surface area (Å²) in [5.41, 5.74) is 2.74. The number of hydrogen-bond acceptors (Lipinski definition) is 4. The van der Waals surface area contributed by atoms with E-state index >= 15 is 0 Å². The van der Waals surface area contributed by atoms with Crippen molar-refractivity contribution in [1.29, 1.82) is 0 Å². The first kappa shape index (κ1) is 13.2. The zero-order chi connectivity index (χ0) is 13.0. The topological polar surface area (TPSA) is 33.7 Å². The molecule has 2 rings (SSSR count). The van der Waals surface area contributed by atoms with E-state index in [9.17, 15) is 0 Å². The molecule has 0 radical (unpaired) electrons. The molecule has 0 bridgehead atoms. The highest BCUT2D eigenvalue weighted by Gasteiger charge is 2.18. The first-order valence-corrected chi connectivity index (χ1v) is 6.39. The van der Waals surface area contributed by atoms with Crippen LogP contribution < -0.4 is 14.8 Å². The molecule has 0 spiro atoms. The molecular weight excluding hydrogens is 228 g/mol. The van der Waals surface area contributed by atoms with Gasteiger partial charge in [-0.05, 0) is 36.7 Å². The third kappa shape index (κ3) is 2.76. The molecule has 1 heterocycles. The van der Waals surface area contributed by atoms with Crippen molar-refractivity contribution in [3.8, 4) is 11.5 Å². The van der Waals surface area contributed by atoms with Gasteiger partial charge >= 0.3 is 0 Å². The third-order valence-electron chi connectivity index (χ3n) is 3.48. The van der Waals surface area contributed by atoms with E-state index in [-0.39, 0.29) is 0 Å². The van der Waals surface area contributed by atoms with Gasteiger partial charge in [0.05, 0.1) is 14.2 Å². The summed E-state index contributed by atoms with van der Waals surface area (Å²) in [5, 5.41) is 3.19. The first-order chi connectivity index (χ1) is 8.78. The standard InChI is InChI=1S/C14H22N2O2/c1-15-5-7-16-6-4-11-8-13(17-2)14(18-3)9-12(11)10-16/h8-9,15H,4-7,10H2,1-3H3. The molecule has 0 saturated heterocycles. The van der Waals surface area contributed by atoms with E-state index in [4.69, 9.17) is 9.47 Å². The second-order valence-electron chi connectivity index (χ2n) is 4.61. The maximum absolute atomic E-state index is 5.36. The predicted octanol–water partition coefficient (Wildman–Crippen LogP) is 1.28. The van der Waals surface area contributed by atoms with Crippen molar-refractivity contribution in [2.75, 3.05) is 40.9 Å². The second kappa shape index (κ2) is 6.07. The number of nitrogens with one attached hydrogen (secondary N) is 1. The van der Waals surface area contributed by atoms with E-state index in [0.29, 0.717) is 0 Å². The van der Waals surface area contributed by atoms with Crippen molar-refractivity contribution < 1.29 is 9.47 Å². The molecule has 0 saturated carbocycles. The molecular formula is C14H22N2O2. The van der Waals surface area contributed by atoms with Crippen molar-refractivity contribution in [3.63, 3.8) is 0 Å². The number of hydrogen-bond donors (Lipinski definition) is 1. The van der Waals surface area contributed by atoms with Gasteiger partial charge in [0, 0.05) is 26.2 Å². The highest BCUT2D eigenvalue weighted by Crippen LogP contribution is 2.33. The van der Waals surface area contributed by atoms with Crippen LogP contribution in [0.1, 0.15) is 11.1 Å². The normalized spacial score (nSPS) is 15.3. The fraction of sp³-hybridized carbons (Fsp3) is 0.571. The van der Waals surface area contributed by atoms with Gasteiger partial charge in [0.1, 0.15) is 0 Å². The Hall–Kier alpha value is -1.26. The summed E-state index contributed by atoms with van der Waals surface area (Å²) in [6, 6.07) is 4.23. The van der Waals surface area contributed by atoms with Crippen molar-refractivity contribution in [2.24, 2.45) is 0 Å². The van der Waals surface area contributed by atoms with Gasteiger partial charge in [-0.2, -0.15) is 0 Å². The Kier molecular flexibility index (Phi) is 4.44. The number of fused-ring (bicyclic) bond motifs is 1. The van der Waals surface area contributed by atoms with Gasteiger partial charge in [-0.1, -0.05) is 0 Å². The lowest BCUT2D eigenvalue weighted by Gasteiger charge is -2.29. The summed E-state index contributed by atoms with van der Waals surface area (Å²) in [5.74, 6) is 1.66. The highest BCUT2D eigenvalue weighted by molar-refractivity contribution is 5.48. The van der Waals surface area contributed by atoms with E-state index in [2.05, 4.69) is 22.3 Å². The van der Waals surface area contributed by atoms with Crippen LogP contribution in [0.5, 0.6) is 11.5 Å². The van der Waals surface area contributed by atoms with Gasteiger partial charge in [0.25, 0.3) is 0 Å². The fourth-order valence-corrected chi connectivity index (χ4v) is 2.40. The number of likely N-dealkylation sites (N-methyl/N-ethyl adjacent to an activating group) is 1. The smallest absolute Gasteiger partial charge is 0.161 e. The predicted molar refractivity (Wildman–Crippen MR) is 72.5 cm³/mol. The number of benzene rings is 1. The summed E-state index contributed by atoms with van der Waals surface area (Å²) in [6.07, 6.45) is 1.08. The Labute approximate surface area is 109 Å². The molecule has 0 amide bonds. The zero-order valence-electron chi connectivity index (χ0n) is 11.5. The number of nitrogens with zero attached hydrogens (tertiary/aromatic N) is 1. The molecule has 4 nitrogen and oxygen atoms in total. The molecule has 1 aromatic rings. The van der Waals surface area contributed by atoms with E-state index in [1.54, 1.807) is 14.2 Å². The van der Waals surface area contributed by atoms with Crippen molar-refractivity contribution in [3.05, 3.63) is 23.3 Å². The minimum Gasteiger partial charge on any atom is -0.493 e. The Morgan fingerprint density at radius 3 is 2.44 bits per heavy atom. The van der Waals surface area contributed by atoms with Crippen LogP contribution >= 0.6 is 0 Å². The van der Waals surface area contributed by atoms with Crippen molar-refractivity contribution in [2.45, 2.75) is 13.0 Å². The van der Waals surface area contributed by atoms with Gasteiger partial charge in [0.2, 0.25) is 0 Å². The summed E-state index contributed by atoms with van der Waals surface area (Å²) in [4.78, 5) is 2.46. The summed E-state index contributed by atoms with van der Waals surface area (Å²) in [6.45, 7) is 4.23. The van der Waals surface area contributed by atoms with Crippen LogP contribution in [-0.2, 0) is 13.0 Å². The summed E-state index contributed by atoms with van der Waals surface area (Å²) >= 11 is 0. The van der Waals surface area contributed by atoms with E-state index in [1.165, 1.54) is 11.1 Å². The second-order valence-corrected chi connectivity index (χ2v) is 4.61. The lowest BCUT2D eigenvalue weighted by Crippen LogP contribution is -2.35. The lowest BCUT2D eigenvalue weighted by molar-refractivity contribution is 0.254. The maximum Gasteiger partial charge on any atom is 0.161 e. The largest absolute Gasteiger partial charge is 0.493 e. The van der Waals surface area contributed by atoms with Crippen molar-refractivity contribution in [1.82, 2.24) is 10.2 Å². The molecule has 100 valence electrons. The molecule has 0 atom stereocenters. The van der Waals surface area contributed by atoms with Crippen LogP contribution in [0.15, 0.2) is 12.1 Å².